The van der Waals surface area contributed by atoms with Crippen molar-refractivity contribution in [3.8, 4) is 0 Å². The highest BCUT2D eigenvalue weighted by molar-refractivity contribution is 5.88. The van der Waals surface area contributed by atoms with Crippen molar-refractivity contribution in [3.63, 3.8) is 0 Å². The number of para-hydroxylation sites is 1. The van der Waals surface area contributed by atoms with Gasteiger partial charge in [0.25, 0.3) is 0 Å². The number of esters is 1. The van der Waals surface area contributed by atoms with Crippen LogP contribution < -0.4 is 4.90 Å². The standard InChI is InChI=1S/C18H19NO2/c1-3-21-18(20)17-16(14-11-9-13(2)10-12-14)19(17)15-7-5-4-6-8-15/h4-12,16-17H,3H2,1-2H3. The molecule has 108 valence electrons. The molecule has 2 aromatic carbocycles. The molecule has 2 aromatic rings. The topological polar surface area (TPSA) is 29.3 Å². The Hall–Kier alpha value is -2.29. The molecule has 21 heavy (non-hydrogen) atoms. The first-order chi connectivity index (χ1) is 10.2. The molecule has 1 fully saturated rings. The predicted molar refractivity (Wildman–Crippen MR) is 83.3 cm³/mol. The third-order valence-electron chi connectivity index (χ3n) is 3.81. The van der Waals surface area contributed by atoms with Crippen LogP contribution in [-0.4, -0.2) is 18.6 Å². The molecule has 1 saturated heterocycles. The van der Waals surface area contributed by atoms with Crippen LogP contribution in [0.3, 0.4) is 0 Å². The maximum absolute atomic E-state index is 12.2. The summed E-state index contributed by atoms with van der Waals surface area (Å²) in [5.74, 6) is -0.146. The highest BCUT2D eigenvalue weighted by Gasteiger charge is 2.54. The summed E-state index contributed by atoms with van der Waals surface area (Å²) in [5, 5.41) is 0. The van der Waals surface area contributed by atoms with Crippen LogP contribution in [0.5, 0.6) is 0 Å². The summed E-state index contributed by atoms with van der Waals surface area (Å²) >= 11 is 0. The van der Waals surface area contributed by atoms with Crippen molar-refractivity contribution in [2.45, 2.75) is 25.9 Å². The van der Waals surface area contributed by atoms with E-state index in [9.17, 15) is 4.79 Å². The molecule has 0 N–H and O–H groups in total. The molecule has 0 saturated carbocycles. The van der Waals surface area contributed by atoms with E-state index in [1.54, 1.807) is 0 Å². The molecule has 2 unspecified atom stereocenters. The number of anilines is 1. The molecule has 3 nitrogen and oxygen atoms in total. The number of benzene rings is 2. The van der Waals surface area contributed by atoms with Crippen molar-refractivity contribution < 1.29 is 9.53 Å². The molecule has 3 rings (SSSR count). The summed E-state index contributed by atoms with van der Waals surface area (Å²) in [6, 6.07) is 18.2. The molecule has 0 aromatic heterocycles. The highest BCUT2D eigenvalue weighted by Crippen LogP contribution is 2.47. The fraction of sp³-hybridized carbons (Fsp3) is 0.278. The minimum Gasteiger partial charge on any atom is -0.464 e. The molecule has 0 bridgehead atoms. The minimum absolute atomic E-state index is 0.0760. The first-order valence-electron chi connectivity index (χ1n) is 7.29. The van der Waals surface area contributed by atoms with E-state index in [1.807, 2.05) is 37.3 Å². The number of rotatable bonds is 4. The third kappa shape index (κ3) is 2.64. The Balaban J connectivity index is 1.89. The van der Waals surface area contributed by atoms with Crippen LogP contribution in [-0.2, 0) is 9.53 Å². The van der Waals surface area contributed by atoms with Crippen molar-refractivity contribution in [2.75, 3.05) is 11.5 Å². The summed E-state index contributed by atoms with van der Waals surface area (Å²) in [6.07, 6.45) is 0. The molecule has 0 radical (unpaired) electrons. The van der Waals surface area contributed by atoms with E-state index in [2.05, 4.69) is 36.1 Å². The van der Waals surface area contributed by atoms with Gasteiger partial charge in [-0.15, -0.1) is 0 Å². The molecule has 0 amide bonds. The van der Waals surface area contributed by atoms with Crippen molar-refractivity contribution in [3.05, 3.63) is 65.7 Å². The van der Waals surface area contributed by atoms with Crippen molar-refractivity contribution in [2.24, 2.45) is 0 Å². The van der Waals surface area contributed by atoms with Gasteiger partial charge in [0, 0.05) is 5.69 Å². The fourth-order valence-corrected chi connectivity index (χ4v) is 2.73. The quantitative estimate of drug-likeness (QED) is 0.634. The van der Waals surface area contributed by atoms with Crippen LogP contribution in [0.4, 0.5) is 5.69 Å². The van der Waals surface area contributed by atoms with Crippen LogP contribution in [0.25, 0.3) is 0 Å². The molecule has 1 aliphatic heterocycles. The average molecular weight is 281 g/mol. The third-order valence-corrected chi connectivity index (χ3v) is 3.81. The lowest BCUT2D eigenvalue weighted by molar-refractivity contribution is -0.142. The van der Waals surface area contributed by atoms with E-state index in [4.69, 9.17) is 4.74 Å². The van der Waals surface area contributed by atoms with E-state index < -0.39 is 0 Å². The van der Waals surface area contributed by atoms with Gasteiger partial charge in [-0.05, 0) is 31.5 Å². The largest absolute Gasteiger partial charge is 0.464 e. The normalized spacial score (nSPS) is 20.2. The zero-order valence-corrected chi connectivity index (χ0v) is 12.3. The van der Waals surface area contributed by atoms with Crippen LogP contribution in [0, 0.1) is 6.92 Å². The smallest absolute Gasteiger partial charge is 0.331 e. The van der Waals surface area contributed by atoms with Gasteiger partial charge in [-0.1, -0.05) is 48.0 Å². The summed E-state index contributed by atoms with van der Waals surface area (Å²) in [4.78, 5) is 14.3. The zero-order valence-electron chi connectivity index (χ0n) is 12.3. The van der Waals surface area contributed by atoms with Crippen LogP contribution in [0.15, 0.2) is 54.6 Å². The van der Waals surface area contributed by atoms with Gasteiger partial charge in [0.2, 0.25) is 0 Å². The number of ether oxygens (including phenoxy) is 1. The Morgan fingerprint density at radius 3 is 2.38 bits per heavy atom. The Kier molecular flexibility index (Phi) is 3.65. The molecule has 1 heterocycles. The SMILES string of the molecule is CCOC(=O)C1C(c2ccc(C)cc2)N1c1ccccc1. The lowest BCUT2D eigenvalue weighted by Gasteiger charge is -2.06. The Bertz CT molecular complexity index is 621. The number of carbonyl (C=O) groups excluding carboxylic acids is 1. The van der Waals surface area contributed by atoms with Gasteiger partial charge in [-0.3, -0.25) is 0 Å². The van der Waals surface area contributed by atoms with Gasteiger partial charge in [-0.25, -0.2) is 4.79 Å². The van der Waals surface area contributed by atoms with Crippen LogP contribution >= 0.6 is 0 Å². The monoisotopic (exact) mass is 281 g/mol. The number of nitrogens with zero attached hydrogens (tertiary/aromatic N) is 1. The first-order valence-corrected chi connectivity index (χ1v) is 7.29. The number of carbonyl (C=O) groups is 1. The van der Waals surface area contributed by atoms with Crippen LogP contribution in [0.2, 0.25) is 0 Å². The van der Waals surface area contributed by atoms with Gasteiger partial charge < -0.3 is 9.64 Å². The highest BCUT2D eigenvalue weighted by atomic mass is 16.5. The zero-order chi connectivity index (χ0) is 14.8. The molecule has 2 atom stereocenters. The molecule has 1 aliphatic rings. The van der Waals surface area contributed by atoms with E-state index in [1.165, 1.54) is 5.56 Å². The second-order valence-corrected chi connectivity index (χ2v) is 5.30. The summed E-state index contributed by atoms with van der Waals surface area (Å²) < 4.78 is 5.21. The summed E-state index contributed by atoms with van der Waals surface area (Å²) in [6.45, 7) is 4.32. The summed E-state index contributed by atoms with van der Waals surface area (Å²) in [5.41, 5.74) is 3.43. The number of hydrogen-bond acceptors (Lipinski definition) is 3. The predicted octanol–water partition coefficient (Wildman–Crippen LogP) is 3.49. The maximum Gasteiger partial charge on any atom is 0.331 e. The summed E-state index contributed by atoms with van der Waals surface area (Å²) in [7, 11) is 0. The van der Waals surface area contributed by atoms with E-state index in [-0.39, 0.29) is 18.1 Å². The fourth-order valence-electron chi connectivity index (χ4n) is 2.73. The molecule has 0 aliphatic carbocycles. The average Bonchev–Trinajstić information content (AvgIpc) is 3.25. The van der Waals surface area contributed by atoms with Gasteiger partial charge >= 0.3 is 5.97 Å². The number of hydrogen-bond donors (Lipinski definition) is 0. The molecule has 0 spiro atoms. The first kappa shape index (κ1) is 13.7. The van der Waals surface area contributed by atoms with E-state index in [0.29, 0.717) is 6.61 Å². The Morgan fingerprint density at radius 1 is 1.10 bits per heavy atom. The Labute approximate surface area is 125 Å². The van der Waals surface area contributed by atoms with Crippen molar-refractivity contribution in [1.82, 2.24) is 0 Å². The minimum atomic E-state index is -0.213. The van der Waals surface area contributed by atoms with E-state index >= 15 is 0 Å². The molecular formula is C18H19NO2. The number of aryl methyl sites for hydroxylation is 1. The van der Waals surface area contributed by atoms with Gasteiger partial charge in [0.15, 0.2) is 6.04 Å². The molecule has 3 heteroatoms. The van der Waals surface area contributed by atoms with Crippen molar-refractivity contribution >= 4 is 11.7 Å². The van der Waals surface area contributed by atoms with Gasteiger partial charge in [0.1, 0.15) is 0 Å². The van der Waals surface area contributed by atoms with Gasteiger partial charge in [-0.2, -0.15) is 0 Å². The van der Waals surface area contributed by atoms with Crippen molar-refractivity contribution in [1.29, 1.82) is 0 Å². The molecular weight excluding hydrogens is 262 g/mol. The lowest BCUT2D eigenvalue weighted by atomic mass is 10.1. The van der Waals surface area contributed by atoms with Gasteiger partial charge in [0.05, 0.1) is 12.6 Å². The van der Waals surface area contributed by atoms with Crippen LogP contribution in [0.1, 0.15) is 24.1 Å². The van der Waals surface area contributed by atoms with E-state index in [0.717, 1.165) is 11.3 Å². The second kappa shape index (κ2) is 5.60. The Morgan fingerprint density at radius 2 is 1.76 bits per heavy atom. The second-order valence-electron chi connectivity index (χ2n) is 5.30. The lowest BCUT2D eigenvalue weighted by Crippen LogP contribution is -2.15. The maximum atomic E-state index is 12.2.